The summed E-state index contributed by atoms with van der Waals surface area (Å²) in [5.41, 5.74) is 3.13. The Labute approximate surface area is 225 Å². The molecule has 2 unspecified atom stereocenters. The van der Waals surface area contributed by atoms with E-state index >= 15 is 0 Å². The lowest BCUT2D eigenvalue weighted by molar-refractivity contribution is -0.145. The molecule has 1 aliphatic rings. The topological polar surface area (TPSA) is 84.9 Å². The Bertz CT molecular complexity index is 1290. The molecule has 0 aromatic heterocycles. The van der Waals surface area contributed by atoms with Gasteiger partial charge in [0, 0.05) is 6.04 Å². The molecule has 3 aromatic carbocycles. The summed E-state index contributed by atoms with van der Waals surface area (Å²) in [6, 6.07) is 24.3. The van der Waals surface area contributed by atoms with Crippen molar-refractivity contribution in [3.63, 3.8) is 0 Å². The van der Waals surface area contributed by atoms with Crippen LogP contribution >= 0.6 is 0 Å². The minimum absolute atomic E-state index is 0.00526. The molecule has 0 bridgehead atoms. The van der Waals surface area contributed by atoms with Crippen molar-refractivity contribution in [3.05, 3.63) is 84.4 Å². The molecule has 202 valence electrons. The summed E-state index contributed by atoms with van der Waals surface area (Å²) in [5.74, 6) is -0.00978. The van der Waals surface area contributed by atoms with Gasteiger partial charge in [-0.15, -0.1) is 0 Å². The quantitative estimate of drug-likeness (QED) is 0.376. The van der Waals surface area contributed by atoms with E-state index in [0.717, 1.165) is 42.8 Å². The van der Waals surface area contributed by atoms with Gasteiger partial charge in [-0.3, -0.25) is 15.0 Å². The van der Waals surface area contributed by atoms with Crippen LogP contribution in [0, 0.1) is 5.92 Å². The lowest BCUT2D eigenvalue weighted by Gasteiger charge is -2.38. The number of sulfone groups is 1. The summed E-state index contributed by atoms with van der Waals surface area (Å²) in [7, 11) is -0.698. The molecule has 1 fully saturated rings. The summed E-state index contributed by atoms with van der Waals surface area (Å²) >= 11 is 0. The van der Waals surface area contributed by atoms with Gasteiger partial charge in [-0.05, 0) is 79.7 Å². The maximum absolute atomic E-state index is 13.1. The zero-order chi connectivity index (χ0) is 27.1. The lowest BCUT2D eigenvalue weighted by atomic mass is 9.88. The number of methoxy groups -OCH3 is 2. The van der Waals surface area contributed by atoms with Crippen LogP contribution in [0.2, 0.25) is 0 Å². The van der Waals surface area contributed by atoms with Crippen molar-refractivity contribution in [2.24, 2.45) is 5.92 Å². The van der Waals surface area contributed by atoms with E-state index in [0.29, 0.717) is 0 Å². The SMILES string of the molecule is COC(=O)C(NCS(=O)(=O)c1ccc(-c2ccc(OC)cc2)cc1)C1CCN(C(C)c2ccccc2)CC1. The van der Waals surface area contributed by atoms with Gasteiger partial charge in [0.15, 0.2) is 9.84 Å². The van der Waals surface area contributed by atoms with Crippen LogP contribution in [-0.2, 0) is 19.4 Å². The third-order valence-corrected chi connectivity index (χ3v) is 9.00. The number of hydrogen-bond acceptors (Lipinski definition) is 7. The highest BCUT2D eigenvalue weighted by atomic mass is 32.2. The molecule has 8 heteroatoms. The average Bonchev–Trinajstić information content (AvgIpc) is 2.97. The number of piperidine rings is 1. The molecular formula is C30H36N2O5S. The minimum Gasteiger partial charge on any atom is -0.497 e. The number of ether oxygens (including phenoxy) is 2. The van der Waals surface area contributed by atoms with E-state index in [1.54, 1.807) is 31.4 Å². The molecule has 0 amide bonds. The molecule has 0 spiro atoms. The van der Waals surface area contributed by atoms with Crippen LogP contribution in [0.5, 0.6) is 5.75 Å². The number of carbonyl (C=O) groups is 1. The maximum atomic E-state index is 13.1. The molecule has 2 atom stereocenters. The third-order valence-electron chi connectivity index (χ3n) is 7.46. The first-order chi connectivity index (χ1) is 18.3. The van der Waals surface area contributed by atoms with Crippen LogP contribution in [0.25, 0.3) is 11.1 Å². The van der Waals surface area contributed by atoms with Gasteiger partial charge >= 0.3 is 5.97 Å². The minimum atomic E-state index is -3.65. The van der Waals surface area contributed by atoms with E-state index in [4.69, 9.17) is 9.47 Å². The van der Waals surface area contributed by atoms with E-state index in [1.807, 2.05) is 42.5 Å². The van der Waals surface area contributed by atoms with E-state index in [9.17, 15) is 13.2 Å². The zero-order valence-corrected chi connectivity index (χ0v) is 23.0. The van der Waals surface area contributed by atoms with Crippen LogP contribution in [0.15, 0.2) is 83.8 Å². The van der Waals surface area contributed by atoms with Gasteiger partial charge in [0.1, 0.15) is 17.7 Å². The number of hydrogen-bond donors (Lipinski definition) is 1. The summed E-state index contributed by atoms with van der Waals surface area (Å²) in [6.45, 7) is 3.85. The molecule has 4 rings (SSSR count). The summed E-state index contributed by atoms with van der Waals surface area (Å²) in [6.07, 6.45) is 1.56. The monoisotopic (exact) mass is 536 g/mol. The van der Waals surface area contributed by atoms with E-state index in [1.165, 1.54) is 12.7 Å². The predicted octanol–water partition coefficient (Wildman–Crippen LogP) is 4.70. The molecule has 1 saturated heterocycles. The molecule has 3 aromatic rings. The molecule has 38 heavy (non-hydrogen) atoms. The van der Waals surface area contributed by atoms with E-state index < -0.39 is 21.8 Å². The number of nitrogens with zero attached hydrogens (tertiary/aromatic N) is 1. The average molecular weight is 537 g/mol. The van der Waals surface area contributed by atoms with Crippen molar-refractivity contribution < 1.29 is 22.7 Å². The summed E-state index contributed by atoms with van der Waals surface area (Å²) in [4.78, 5) is 15.3. The van der Waals surface area contributed by atoms with Gasteiger partial charge in [-0.25, -0.2) is 8.42 Å². The van der Waals surface area contributed by atoms with Gasteiger partial charge < -0.3 is 9.47 Å². The van der Waals surface area contributed by atoms with Crippen LogP contribution < -0.4 is 10.1 Å². The number of benzene rings is 3. The molecule has 1 aliphatic heterocycles. The molecule has 1 heterocycles. The second-order valence-electron chi connectivity index (χ2n) is 9.68. The molecule has 0 aliphatic carbocycles. The fourth-order valence-corrected chi connectivity index (χ4v) is 6.19. The van der Waals surface area contributed by atoms with Gasteiger partial charge in [0.2, 0.25) is 0 Å². The number of nitrogens with one attached hydrogen (secondary N) is 1. The Morgan fingerprint density at radius 2 is 1.50 bits per heavy atom. The highest BCUT2D eigenvalue weighted by Crippen LogP contribution is 2.29. The van der Waals surface area contributed by atoms with Crippen LogP contribution in [0.3, 0.4) is 0 Å². The highest BCUT2D eigenvalue weighted by Gasteiger charge is 2.34. The first-order valence-electron chi connectivity index (χ1n) is 12.9. The fourth-order valence-electron chi connectivity index (χ4n) is 5.07. The summed E-state index contributed by atoms with van der Waals surface area (Å²) in [5, 5.41) is 3.02. The Hall–Kier alpha value is -3.20. The summed E-state index contributed by atoms with van der Waals surface area (Å²) < 4.78 is 36.5. The van der Waals surface area contributed by atoms with Crippen molar-refractivity contribution in [1.82, 2.24) is 10.2 Å². The predicted molar refractivity (Wildman–Crippen MR) is 149 cm³/mol. The molecule has 0 radical (unpaired) electrons. The molecule has 7 nitrogen and oxygen atoms in total. The normalized spacial score (nSPS) is 16.5. The standard InChI is InChI=1S/C30H36N2O5S/c1-22(23-7-5-4-6-8-23)32-19-17-26(18-20-32)29(30(33)37-3)31-21-38(34,35)28-15-11-25(12-16-28)24-9-13-27(36-2)14-10-24/h4-16,22,26,29,31H,17-21H2,1-3H3. The van der Waals surface area contributed by atoms with Crippen LogP contribution in [0.4, 0.5) is 0 Å². The zero-order valence-electron chi connectivity index (χ0n) is 22.2. The van der Waals surface area contributed by atoms with Crippen molar-refractivity contribution in [1.29, 1.82) is 0 Å². The van der Waals surface area contributed by atoms with Crippen molar-refractivity contribution >= 4 is 15.8 Å². The number of likely N-dealkylation sites (tertiary alicyclic amines) is 1. The first kappa shape index (κ1) is 27.8. The number of rotatable bonds is 10. The van der Waals surface area contributed by atoms with Crippen LogP contribution in [-0.4, -0.2) is 58.5 Å². The molecule has 1 N–H and O–H groups in total. The van der Waals surface area contributed by atoms with Crippen molar-refractivity contribution in [2.45, 2.75) is 36.7 Å². The van der Waals surface area contributed by atoms with E-state index in [-0.39, 0.29) is 22.7 Å². The van der Waals surface area contributed by atoms with Crippen molar-refractivity contribution in [3.8, 4) is 16.9 Å². The Morgan fingerprint density at radius 1 is 0.921 bits per heavy atom. The van der Waals surface area contributed by atoms with Crippen LogP contribution in [0.1, 0.15) is 31.4 Å². The third kappa shape index (κ3) is 6.62. The number of esters is 1. The Balaban J connectivity index is 1.38. The van der Waals surface area contributed by atoms with E-state index in [2.05, 4.69) is 29.3 Å². The van der Waals surface area contributed by atoms with Gasteiger partial charge in [0.25, 0.3) is 0 Å². The number of carbonyl (C=O) groups excluding carboxylic acids is 1. The van der Waals surface area contributed by atoms with Crippen molar-refractivity contribution in [2.75, 3.05) is 33.2 Å². The largest absolute Gasteiger partial charge is 0.497 e. The lowest BCUT2D eigenvalue weighted by Crippen LogP contribution is -2.49. The Morgan fingerprint density at radius 3 is 2.05 bits per heavy atom. The maximum Gasteiger partial charge on any atom is 0.323 e. The second-order valence-corrected chi connectivity index (χ2v) is 11.7. The molecule has 0 saturated carbocycles. The second kappa shape index (κ2) is 12.6. The van der Waals surface area contributed by atoms with Gasteiger partial charge in [0.05, 0.1) is 19.1 Å². The van der Waals surface area contributed by atoms with Gasteiger partial charge in [-0.2, -0.15) is 0 Å². The Kier molecular flexibility index (Phi) is 9.20. The van der Waals surface area contributed by atoms with Gasteiger partial charge in [-0.1, -0.05) is 54.6 Å². The molecular weight excluding hydrogens is 500 g/mol. The first-order valence-corrected chi connectivity index (χ1v) is 14.5. The fraction of sp³-hybridized carbons (Fsp3) is 0.367. The smallest absolute Gasteiger partial charge is 0.323 e. The highest BCUT2D eigenvalue weighted by molar-refractivity contribution is 7.91.